The van der Waals surface area contributed by atoms with E-state index in [1.54, 1.807) is 19.5 Å². The predicted molar refractivity (Wildman–Crippen MR) is 77.8 cm³/mol. The zero-order chi connectivity index (χ0) is 11.4. The Morgan fingerprint density at radius 3 is 2.28 bits per heavy atom. The molecule has 3 nitrogen and oxygen atoms in total. The fraction of sp³-hybridized carbons (Fsp3) is 0.154. The Hall–Kier alpha value is -1.29. The van der Waals surface area contributed by atoms with Gasteiger partial charge >= 0.3 is 0 Å². The number of pyridine rings is 1. The van der Waals surface area contributed by atoms with Gasteiger partial charge in [0.25, 0.3) is 0 Å². The highest BCUT2D eigenvalue weighted by atomic mass is 35.5. The monoisotopic (exact) mass is 286 g/mol. The third-order valence-electron chi connectivity index (χ3n) is 2.54. The molecule has 2 aromatic rings. The Kier molecular flexibility index (Phi) is 7.36. The van der Waals surface area contributed by atoms with E-state index in [1.165, 1.54) is 0 Å². The lowest BCUT2D eigenvalue weighted by molar-refractivity contribution is 0.408. The van der Waals surface area contributed by atoms with E-state index in [9.17, 15) is 0 Å². The number of ether oxygens (including phenoxy) is 1. The van der Waals surface area contributed by atoms with Crippen LogP contribution in [0.3, 0.4) is 0 Å². The summed E-state index contributed by atoms with van der Waals surface area (Å²) in [6, 6.07) is 11.4. The number of rotatable bonds is 3. The summed E-state index contributed by atoms with van der Waals surface area (Å²) < 4.78 is 5.29. The molecule has 0 radical (unpaired) electrons. The molecule has 0 aliphatic heterocycles. The van der Waals surface area contributed by atoms with Gasteiger partial charge in [-0.1, -0.05) is 18.2 Å². The van der Waals surface area contributed by atoms with Crippen LogP contribution in [0.5, 0.6) is 5.75 Å². The maximum atomic E-state index is 6.18. The number of nitrogens with two attached hydrogens (primary N) is 1. The average Bonchev–Trinajstić information content (AvgIpc) is 2.39. The van der Waals surface area contributed by atoms with E-state index in [-0.39, 0.29) is 30.9 Å². The molecule has 5 heteroatoms. The SMILES string of the molecule is COc1ccccc1C(N)c1ccncc1.Cl.Cl. The third-order valence-corrected chi connectivity index (χ3v) is 2.54. The fourth-order valence-electron chi connectivity index (χ4n) is 1.67. The number of methoxy groups -OCH3 is 1. The summed E-state index contributed by atoms with van der Waals surface area (Å²) in [6.07, 6.45) is 3.48. The summed E-state index contributed by atoms with van der Waals surface area (Å²) in [4.78, 5) is 3.98. The Labute approximate surface area is 119 Å². The van der Waals surface area contributed by atoms with Crippen molar-refractivity contribution in [3.05, 3.63) is 59.9 Å². The van der Waals surface area contributed by atoms with Crippen molar-refractivity contribution in [1.29, 1.82) is 0 Å². The smallest absolute Gasteiger partial charge is 0.123 e. The van der Waals surface area contributed by atoms with Crippen LogP contribution < -0.4 is 10.5 Å². The van der Waals surface area contributed by atoms with E-state index < -0.39 is 0 Å². The lowest BCUT2D eigenvalue weighted by Gasteiger charge is -2.15. The molecule has 1 atom stereocenters. The molecule has 18 heavy (non-hydrogen) atoms. The Balaban J connectivity index is 0.00000144. The quantitative estimate of drug-likeness (QED) is 0.944. The lowest BCUT2D eigenvalue weighted by atomic mass is 10.00. The van der Waals surface area contributed by atoms with Crippen LogP contribution in [0, 0.1) is 0 Å². The number of halogens is 2. The molecule has 1 unspecified atom stereocenters. The van der Waals surface area contributed by atoms with E-state index >= 15 is 0 Å². The molecule has 1 aromatic carbocycles. The van der Waals surface area contributed by atoms with Gasteiger partial charge in [-0.15, -0.1) is 24.8 Å². The number of aromatic nitrogens is 1. The van der Waals surface area contributed by atoms with E-state index in [2.05, 4.69) is 4.98 Å². The molecule has 2 rings (SSSR count). The molecule has 0 aliphatic carbocycles. The van der Waals surface area contributed by atoms with Crippen molar-refractivity contribution in [1.82, 2.24) is 4.98 Å². The topological polar surface area (TPSA) is 48.1 Å². The van der Waals surface area contributed by atoms with E-state index in [0.717, 1.165) is 16.9 Å². The van der Waals surface area contributed by atoms with Crippen LogP contribution in [0.1, 0.15) is 17.2 Å². The first-order chi connectivity index (χ1) is 7.83. The van der Waals surface area contributed by atoms with Crippen molar-refractivity contribution in [2.75, 3.05) is 7.11 Å². The first kappa shape index (κ1) is 16.7. The minimum absolute atomic E-state index is 0. The van der Waals surface area contributed by atoms with Gasteiger partial charge in [0.15, 0.2) is 0 Å². The van der Waals surface area contributed by atoms with Crippen molar-refractivity contribution in [2.45, 2.75) is 6.04 Å². The number of para-hydroxylation sites is 1. The van der Waals surface area contributed by atoms with Crippen molar-refractivity contribution in [3.8, 4) is 5.75 Å². The number of nitrogens with zero attached hydrogens (tertiary/aromatic N) is 1. The van der Waals surface area contributed by atoms with Gasteiger partial charge in [-0.25, -0.2) is 0 Å². The van der Waals surface area contributed by atoms with Crippen LogP contribution in [0.15, 0.2) is 48.8 Å². The molecule has 0 saturated carbocycles. The largest absolute Gasteiger partial charge is 0.496 e. The summed E-state index contributed by atoms with van der Waals surface area (Å²) in [5.41, 5.74) is 8.19. The first-order valence-electron chi connectivity index (χ1n) is 5.11. The summed E-state index contributed by atoms with van der Waals surface area (Å²) in [5.74, 6) is 0.812. The predicted octanol–water partition coefficient (Wildman–Crippen LogP) is 2.98. The highest BCUT2D eigenvalue weighted by Gasteiger charge is 2.12. The summed E-state index contributed by atoms with van der Waals surface area (Å²) in [5, 5.41) is 0. The Bertz CT molecular complexity index is 466. The van der Waals surface area contributed by atoms with Crippen molar-refractivity contribution >= 4 is 24.8 Å². The van der Waals surface area contributed by atoms with Gasteiger partial charge in [-0.05, 0) is 23.8 Å². The van der Waals surface area contributed by atoms with E-state index in [4.69, 9.17) is 10.5 Å². The third kappa shape index (κ3) is 3.60. The molecular formula is C13H16Cl2N2O. The average molecular weight is 287 g/mol. The van der Waals surface area contributed by atoms with Gasteiger partial charge in [0.05, 0.1) is 13.2 Å². The molecule has 0 spiro atoms. The Morgan fingerprint density at radius 1 is 1.06 bits per heavy atom. The molecule has 1 aromatic heterocycles. The van der Waals surface area contributed by atoms with Crippen LogP contribution >= 0.6 is 24.8 Å². The molecule has 98 valence electrons. The van der Waals surface area contributed by atoms with Crippen molar-refractivity contribution in [2.24, 2.45) is 5.73 Å². The highest BCUT2D eigenvalue weighted by Crippen LogP contribution is 2.27. The van der Waals surface area contributed by atoms with Gasteiger partial charge in [0.1, 0.15) is 5.75 Å². The number of hydrogen-bond donors (Lipinski definition) is 1. The van der Waals surface area contributed by atoms with Gasteiger partial charge in [0.2, 0.25) is 0 Å². The molecule has 0 fully saturated rings. The second-order valence-electron chi connectivity index (χ2n) is 3.50. The lowest BCUT2D eigenvalue weighted by Crippen LogP contribution is -2.12. The first-order valence-corrected chi connectivity index (χ1v) is 5.11. The van der Waals surface area contributed by atoms with Crippen LogP contribution in [-0.4, -0.2) is 12.1 Å². The number of hydrogen-bond acceptors (Lipinski definition) is 3. The summed E-state index contributed by atoms with van der Waals surface area (Å²) in [7, 11) is 1.65. The molecule has 0 bridgehead atoms. The zero-order valence-electron chi connectivity index (χ0n) is 9.95. The molecule has 0 aliphatic rings. The van der Waals surface area contributed by atoms with Gasteiger partial charge < -0.3 is 10.5 Å². The highest BCUT2D eigenvalue weighted by molar-refractivity contribution is 5.85. The van der Waals surface area contributed by atoms with Crippen LogP contribution in [0.2, 0.25) is 0 Å². The maximum Gasteiger partial charge on any atom is 0.123 e. The van der Waals surface area contributed by atoms with Crippen LogP contribution in [-0.2, 0) is 0 Å². The van der Waals surface area contributed by atoms with Crippen molar-refractivity contribution < 1.29 is 4.74 Å². The number of benzene rings is 1. The zero-order valence-corrected chi connectivity index (χ0v) is 11.6. The Morgan fingerprint density at radius 2 is 1.67 bits per heavy atom. The second-order valence-corrected chi connectivity index (χ2v) is 3.50. The summed E-state index contributed by atoms with van der Waals surface area (Å²) >= 11 is 0. The minimum atomic E-state index is -0.181. The normalized spacial score (nSPS) is 10.8. The maximum absolute atomic E-state index is 6.18. The van der Waals surface area contributed by atoms with E-state index in [0.29, 0.717) is 0 Å². The van der Waals surface area contributed by atoms with Crippen LogP contribution in [0.25, 0.3) is 0 Å². The molecule has 0 saturated heterocycles. The standard InChI is InChI=1S/C13H14N2O.2ClH/c1-16-12-5-3-2-4-11(12)13(14)10-6-8-15-9-7-10;;/h2-9,13H,14H2,1H3;2*1H. The van der Waals surface area contributed by atoms with Gasteiger partial charge in [0, 0.05) is 18.0 Å². The summed E-state index contributed by atoms with van der Waals surface area (Å²) in [6.45, 7) is 0. The van der Waals surface area contributed by atoms with Crippen LogP contribution in [0.4, 0.5) is 0 Å². The minimum Gasteiger partial charge on any atom is -0.496 e. The molecule has 1 heterocycles. The molecular weight excluding hydrogens is 271 g/mol. The van der Waals surface area contributed by atoms with Gasteiger partial charge in [-0.2, -0.15) is 0 Å². The fourth-order valence-corrected chi connectivity index (χ4v) is 1.67. The molecule has 0 amide bonds. The molecule has 2 N–H and O–H groups in total. The van der Waals surface area contributed by atoms with Gasteiger partial charge in [-0.3, -0.25) is 4.98 Å². The van der Waals surface area contributed by atoms with E-state index in [1.807, 2.05) is 36.4 Å². The second kappa shape index (κ2) is 7.93. The van der Waals surface area contributed by atoms with Crippen molar-refractivity contribution in [3.63, 3.8) is 0 Å².